The first-order valence-electron chi connectivity index (χ1n) is 14.1. The summed E-state index contributed by atoms with van der Waals surface area (Å²) in [7, 11) is -2.97. The Kier molecular flexibility index (Phi) is 8.51. The van der Waals surface area contributed by atoms with Gasteiger partial charge in [0.15, 0.2) is 0 Å². The third kappa shape index (κ3) is 5.73. The first-order valence-corrected chi connectivity index (χ1v) is 16.1. The van der Waals surface area contributed by atoms with Crippen molar-refractivity contribution >= 4 is 21.7 Å². The molecule has 7 nitrogen and oxygen atoms in total. The van der Waals surface area contributed by atoms with Crippen LogP contribution in [0.2, 0.25) is 0 Å². The van der Waals surface area contributed by atoms with Crippen LogP contribution in [0.3, 0.4) is 0 Å². The van der Waals surface area contributed by atoms with Crippen LogP contribution in [0.25, 0.3) is 0 Å². The normalized spacial score (nSPS) is 37.1. The number of sulfone groups is 1. The van der Waals surface area contributed by atoms with Crippen LogP contribution in [0.15, 0.2) is 0 Å². The van der Waals surface area contributed by atoms with E-state index < -0.39 is 9.84 Å². The van der Waals surface area contributed by atoms with Crippen LogP contribution in [0.4, 0.5) is 0 Å². The molecule has 200 valence electrons. The topological polar surface area (TPSA) is 78.0 Å². The van der Waals surface area contributed by atoms with Crippen molar-refractivity contribution in [1.29, 1.82) is 0 Å². The maximum absolute atomic E-state index is 14.1. The number of piperidine rings is 1. The van der Waals surface area contributed by atoms with Crippen molar-refractivity contribution in [3.05, 3.63) is 0 Å². The number of fused-ring (bicyclic) bond motifs is 1. The van der Waals surface area contributed by atoms with Crippen molar-refractivity contribution in [3.8, 4) is 0 Å². The van der Waals surface area contributed by atoms with E-state index in [1.807, 2.05) is 0 Å². The lowest BCUT2D eigenvalue weighted by Gasteiger charge is -2.56. The number of hydrogen-bond acceptors (Lipinski definition) is 5. The fourth-order valence-electron chi connectivity index (χ4n) is 7.89. The molecule has 8 heteroatoms. The zero-order valence-electron chi connectivity index (χ0n) is 22.3. The van der Waals surface area contributed by atoms with Gasteiger partial charge >= 0.3 is 0 Å². The van der Waals surface area contributed by atoms with Crippen LogP contribution >= 0.6 is 0 Å². The minimum atomic E-state index is -2.97. The molecule has 2 aliphatic heterocycles. The van der Waals surface area contributed by atoms with Crippen LogP contribution < -0.4 is 0 Å². The second kappa shape index (κ2) is 11.1. The van der Waals surface area contributed by atoms with E-state index in [-0.39, 0.29) is 41.2 Å². The highest BCUT2D eigenvalue weighted by molar-refractivity contribution is 7.91. The van der Waals surface area contributed by atoms with Gasteiger partial charge in [0.1, 0.15) is 9.84 Å². The van der Waals surface area contributed by atoms with Crippen LogP contribution in [0, 0.1) is 11.8 Å². The summed E-state index contributed by atoms with van der Waals surface area (Å²) in [5.74, 6) is 1.44. The van der Waals surface area contributed by atoms with Gasteiger partial charge in [-0.25, -0.2) is 8.42 Å². The third-order valence-electron chi connectivity index (χ3n) is 9.56. The molecule has 4 unspecified atom stereocenters. The molecular weight excluding hydrogens is 462 g/mol. The van der Waals surface area contributed by atoms with Gasteiger partial charge in [-0.2, -0.15) is 0 Å². The van der Waals surface area contributed by atoms with Crippen molar-refractivity contribution in [1.82, 2.24) is 14.7 Å². The second-order valence-corrected chi connectivity index (χ2v) is 14.2. The minimum Gasteiger partial charge on any atom is -0.334 e. The summed E-state index contributed by atoms with van der Waals surface area (Å²) >= 11 is 0. The van der Waals surface area contributed by atoms with Crippen LogP contribution in [0.5, 0.6) is 0 Å². The van der Waals surface area contributed by atoms with Gasteiger partial charge in [-0.05, 0) is 96.1 Å². The summed E-state index contributed by atoms with van der Waals surface area (Å²) in [6.45, 7) is 8.57. The monoisotopic (exact) mass is 509 g/mol. The molecule has 4 fully saturated rings. The van der Waals surface area contributed by atoms with Gasteiger partial charge in [0.2, 0.25) is 11.8 Å². The van der Waals surface area contributed by atoms with Gasteiger partial charge in [0.05, 0.1) is 23.4 Å². The summed E-state index contributed by atoms with van der Waals surface area (Å²) in [5, 5.41) is -0.187. The minimum absolute atomic E-state index is 0.0222. The summed E-state index contributed by atoms with van der Waals surface area (Å²) in [4.78, 5) is 33.4. The molecule has 2 heterocycles. The van der Waals surface area contributed by atoms with Crippen molar-refractivity contribution in [2.24, 2.45) is 11.8 Å². The number of carbonyl (C=O) groups excluding carboxylic acids is 2. The summed E-state index contributed by atoms with van der Waals surface area (Å²) in [5.41, 5.74) is 0. The van der Waals surface area contributed by atoms with E-state index in [4.69, 9.17) is 0 Å². The Hall–Kier alpha value is -1.15. The van der Waals surface area contributed by atoms with Gasteiger partial charge in [-0.3, -0.25) is 14.5 Å². The van der Waals surface area contributed by atoms with E-state index in [2.05, 4.69) is 28.5 Å². The first-order chi connectivity index (χ1) is 16.6. The van der Waals surface area contributed by atoms with E-state index in [1.165, 1.54) is 12.7 Å². The zero-order chi connectivity index (χ0) is 25.3. The molecular formula is C27H47N3O4S. The van der Waals surface area contributed by atoms with Crippen molar-refractivity contribution in [3.63, 3.8) is 0 Å². The molecule has 2 aliphatic carbocycles. The Labute approximate surface area is 212 Å². The summed E-state index contributed by atoms with van der Waals surface area (Å²) in [6.07, 6.45) is 12.1. The standard InChI is InChI=1S/C27H47N3O4S/c1-5-15-28-16-7-6-8-25(28)27(32)29-18-19(2)30(20(3)31)24-14-11-22(17-26(24)29)21-9-12-23(13-10-21)35(4,33)34/h19,21-26H,5-18H2,1-4H3/t19-,21?,22?,23?,24?,25?,26?/m0/s1. The van der Waals surface area contributed by atoms with E-state index in [9.17, 15) is 18.0 Å². The Balaban J connectivity index is 1.52. The van der Waals surface area contributed by atoms with E-state index in [1.54, 1.807) is 6.92 Å². The van der Waals surface area contributed by atoms with Gasteiger partial charge < -0.3 is 9.80 Å². The molecule has 0 aromatic carbocycles. The average Bonchev–Trinajstić information content (AvgIpc) is 2.82. The highest BCUT2D eigenvalue weighted by Crippen LogP contribution is 2.44. The third-order valence-corrected chi connectivity index (χ3v) is 11.2. The quantitative estimate of drug-likeness (QED) is 0.567. The maximum atomic E-state index is 14.1. The molecule has 0 aromatic heterocycles. The molecule has 5 atom stereocenters. The maximum Gasteiger partial charge on any atom is 0.240 e. The number of carbonyl (C=O) groups is 2. The number of rotatable bonds is 5. The highest BCUT2D eigenvalue weighted by Gasteiger charge is 2.49. The van der Waals surface area contributed by atoms with Gasteiger partial charge in [-0.1, -0.05) is 13.3 Å². The average molecular weight is 510 g/mol. The molecule has 4 aliphatic rings. The molecule has 0 radical (unpaired) electrons. The van der Waals surface area contributed by atoms with Crippen LogP contribution in [-0.2, 0) is 19.4 Å². The van der Waals surface area contributed by atoms with Crippen molar-refractivity contribution in [2.75, 3.05) is 25.9 Å². The largest absolute Gasteiger partial charge is 0.334 e. The predicted molar refractivity (Wildman–Crippen MR) is 139 cm³/mol. The molecule has 0 aromatic rings. The molecule has 2 saturated heterocycles. The zero-order valence-corrected chi connectivity index (χ0v) is 23.1. The van der Waals surface area contributed by atoms with Gasteiger partial charge in [0.25, 0.3) is 0 Å². The van der Waals surface area contributed by atoms with Crippen molar-refractivity contribution in [2.45, 2.75) is 121 Å². The fraction of sp³-hybridized carbons (Fsp3) is 0.926. The summed E-state index contributed by atoms with van der Waals surface area (Å²) < 4.78 is 24.1. The van der Waals surface area contributed by atoms with Crippen LogP contribution in [-0.4, -0.2) is 90.2 Å². The molecule has 35 heavy (non-hydrogen) atoms. The lowest BCUT2D eigenvalue weighted by Crippen LogP contribution is -2.69. The molecule has 2 saturated carbocycles. The molecule has 0 spiro atoms. The number of hydrogen-bond donors (Lipinski definition) is 0. The number of likely N-dealkylation sites (tertiary alicyclic amines) is 1. The predicted octanol–water partition coefficient (Wildman–Crippen LogP) is 3.47. The van der Waals surface area contributed by atoms with Gasteiger partial charge in [-0.15, -0.1) is 0 Å². The Morgan fingerprint density at radius 1 is 0.914 bits per heavy atom. The fourth-order valence-corrected chi connectivity index (χ4v) is 9.02. The smallest absolute Gasteiger partial charge is 0.240 e. The Bertz CT molecular complexity index is 868. The van der Waals surface area contributed by atoms with E-state index in [0.717, 1.165) is 77.3 Å². The van der Waals surface area contributed by atoms with Crippen LogP contribution in [0.1, 0.15) is 91.4 Å². The van der Waals surface area contributed by atoms with E-state index >= 15 is 0 Å². The molecule has 2 amide bonds. The first kappa shape index (κ1) is 26.9. The molecule has 0 N–H and O–H groups in total. The lowest BCUT2D eigenvalue weighted by atomic mass is 9.69. The van der Waals surface area contributed by atoms with Gasteiger partial charge in [0, 0.05) is 25.8 Å². The Morgan fingerprint density at radius 3 is 2.23 bits per heavy atom. The molecule has 4 rings (SSSR count). The SMILES string of the molecule is CCCN1CCCCC1C(=O)N1C[C@H](C)N(C(C)=O)C2CCC(C3CCC(S(C)(=O)=O)CC3)CC21. The highest BCUT2D eigenvalue weighted by atomic mass is 32.2. The lowest BCUT2D eigenvalue weighted by molar-refractivity contribution is -0.159. The number of nitrogens with zero attached hydrogens (tertiary/aromatic N) is 3. The summed E-state index contributed by atoms with van der Waals surface area (Å²) in [6, 6.07) is 0.208. The number of amides is 2. The molecule has 0 bridgehead atoms. The number of piperazine rings is 1. The second-order valence-electron chi connectivity index (χ2n) is 11.9. The van der Waals surface area contributed by atoms with Crippen molar-refractivity contribution < 1.29 is 18.0 Å². The Morgan fingerprint density at radius 2 is 1.60 bits per heavy atom. The van der Waals surface area contributed by atoms with E-state index in [0.29, 0.717) is 18.4 Å².